The van der Waals surface area contributed by atoms with Crippen molar-refractivity contribution in [2.24, 2.45) is 0 Å². The molecule has 2 fully saturated rings. The summed E-state index contributed by atoms with van der Waals surface area (Å²) in [5.74, 6) is 0.0869. The van der Waals surface area contributed by atoms with E-state index in [1.165, 1.54) is 25.7 Å². The third kappa shape index (κ3) is 4.01. The zero-order valence-corrected chi connectivity index (χ0v) is 13.3. The van der Waals surface area contributed by atoms with Gasteiger partial charge in [0.2, 0.25) is 0 Å². The smallest absolute Gasteiger partial charge is 0.251 e. The van der Waals surface area contributed by atoms with Crippen LogP contribution in [0.5, 0.6) is 0 Å². The summed E-state index contributed by atoms with van der Waals surface area (Å²) < 4.78 is 0. The van der Waals surface area contributed by atoms with Crippen LogP contribution in [0.1, 0.15) is 48.9 Å². The van der Waals surface area contributed by atoms with E-state index in [9.17, 15) is 4.79 Å². The standard InChI is InChI=1S/C18H27N3O/c22-18(20-16-7-3-1-2-4-8-16)15-6-5-9-17(14-15)21-12-10-19-11-13-21/h5-6,9,14,16,19H,1-4,7-8,10-13H2,(H,20,22). The average molecular weight is 301 g/mol. The van der Waals surface area contributed by atoms with E-state index in [-0.39, 0.29) is 5.91 Å². The minimum absolute atomic E-state index is 0.0869. The molecule has 1 heterocycles. The second-order valence-electron chi connectivity index (χ2n) is 6.45. The molecule has 0 radical (unpaired) electrons. The molecule has 1 aromatic rings. The predicted octanol–water partition coefficient (Wildman–Crippen LogP) is 2.55. The van der Waals surface area contributed by atoms with Crippen molar-refractivity contribution in [3.05, 3.63) is 29.8 Å². The molecule has 0 atom stereocenters. The molecule has 3 rings (SSSR count). The van der Waals surface area contributed by atoms with Gasteiger partial charge < -0.3 is 15.5 Å². The lowest BCUT2D eigenvalue weighted by molar-refractivity contribution is 0.0933. The number of amides is 1. The van der Waals surface area contributed by atoms with Gasteiger partial charge >= 0.3 is 0 Å². The Bertz CT molecular complexity index is 489. The van der Waals surface area contributed by atoms with Crippen molar-refractivity contribution in [2.45, 2.75) is 44.6 Å². The number of hydrogen-bond acceptors (Lipinski definition) is 3. The second-order valence-corrected chi connectivity index (χ2v) is 6.45. The molecule has 1 amide bonds. The van der Waals surface area contributed by atoms with E-state index >= 15 is 0 Å². The Morgan fingerprint density at radius 1 is 1.09 bits per heavy atom. The Hall–Kier alpha value is -1.55. The number of benzene rings is 1. The van der Waals surface area contributed by atoms with Gasteiger partial charge in [-0.15, -0.1) is 0 Å². The molecule has 0 aromatic heterocycles. The lowest BCUT2D eigenvalue weighted by atomic mass is 10.1. The fourth-order valence-corrected chi connectivity index (χ4v) is 3.46. The molecule has 1 saturated heterocycles. The third-order valence-corrected chi connectivity index (χ3v) is 4.78. The lowest BCUT2D eigenvalue weighted by Crippen LogP contribution is -2.43. The highest BCUT2D eigenvalue weighted by Gasteiger charge is 2.17. The molecule has 1 aromatic carbocycles. The Balaban J connectivity index is 1.64. The molecular weight excluding hydrogens is 274 g/mol. The summed E-state index contributed by atoms with van der Waals surface area (Å²) in [4.78, 5) is 14.9. The van der Waals surface area contributed by atoms with Crippen molar-refractivity contribution in [1.29, 1.82) is 0 Å². The average Bonchev–Trinajstić information content (AvgIpc) is 2.84. The summed E-state index contributed by atoms with van der Waals surface area (Å²) in [5.41, 5.74) is 1.95. The van der Waals surface area contributed by atoms with Crippen LogP contribution in [0.4, 0.5) is 5.69 Å². The summed E-state index contributed by atoms with van der Waals surface area (Å²) in [5, 5.41) is 6.60. The molecular formula is C18H27N3O. The van der Waals surface area contributed by atoms with E-state index < -0.39 is 0 Å². The van der Waals surface area contributed by atoms with Gasteiger partial charge in [-0.2, -0.15) is 0 Å². The monoisotopic (exact) mass is 301 g/mol. The van der Waals surface area contributed by atoms with Crippen LogP contribution in [-0.2, 0) is 0 Å². The minimum atomic E-state index is 0.0869. The summed E-state index contributed by atoms with van der Waals surface area (Å²) in [6.07, 6.45) is 7.36. The number of rotatable bonds is 3. The van der Waals surface area contributed by atoms with E-state index in [0.717, 1.165) is 50.3 Å². The van der Waals surface area contributed by atoms with Crippen LogP contribution < -0.4 is 15.5 Å². The predicted molar refractivity (Wildman–Crippen MR) is 90.5 cm³/mol. The van der Waals surface area contributed by atoms with E-state index in [4.69, 9.17) is 0 Å². The molecule has 1 saturated carbocycles. The Labute approximate surface area is 133 Å². The molecule has 4 nitrogen and oxygen atoms in total. The maximum atomic E-state index is 12.5. The van der Waals surface area contributed by atoms with Crippen molar-refractivity contribution in [3.63, 3.8) is 0 Å². The molecule has 120 valence electrons. The molecule has 4 heteroatoms. The zero-order chi connectivity index (χ0) is 15.2. The first kappa shape index (κ1) is 15.3. The SMILES string of the molecule is O=C(NC1CCCCCC1)c1cccc(N2CCNCC2)c1. The van der Waals surface area contributed by atoms with Crippen LogP contribution in [0, 0.1) is 0 Å². The van der Waals surface area contributed by atoms with Gasteiger partial charge in [-0.05, 0) is 31.0 Å². The van der Waals surface area contributed by atoms with Gasteiger partial charge in [0.05, 0.1) is 0 Å². The first-order chi connectivity index (χ1) is 10.8. The van der Waals surface area contributed by atoms with Crippen molar-refractivity contribution >= 4 is 11.6 Å². The molecule has 1 aliphatic carbocycles. The van der Waals surface area contributed by atoms with E-state index in [1.807, 2.05) is 18.2 Å². The Morgan fingerprint density at radius 3 is 2.55 bits per heavy atom. The number of carbonyl (C=O) groups excluding carboxylic acids is 1. The highest BCUT2D eigenvalue weighted by Crippen LogP contribution is 2.19. The van der Waals surface area contributed by atoms with Gasteiger partial charge in [0, 0.05) is 43.5 Å². The third-order valence-electron chi connectivity index (χ3n) is 4.78. The van der Waals surface area contributed by atoms with Gasteiger partial charge in [0.1, 0.15) is 0 Å². The van der Waals surface area contributed by atoms with Gasteiger partial charge in [-0.1, -0.05) is 31.7 Å². The first-order valence-electron chi connectivity index (χ1n) is 8.69. The maximum Gasteiger partial charge on any atom is 0.251 e. The second kappa shape index (κ2) is 7.63. The van der Waals surface area contributed by atoms with Crippen LogP contribution >= 0.6 is 0 Å². The van der Waals surface area contributed by atoms with Gasteiger partial charge in [0.25, 0.3) is 5.91 Å². The zero-order valence-electron chi connectivity index (χ0n) is 13.3. The number of anilines is 1. The van der Waals surface area contributed by atoms with Gasteiger partial charge in [-0.3, -0.25) is 4.79 Å². The quantitative estimate of drug-likeness (QED) is 0.843. The van der Waals surface area contributed by atoms with E-state index in [2.05, 4.69) is 21.6 Å². The molecule has 2 aliphatic rings. The molecule has 1 aliphatic heterocycles. The molecule has 22 heavy (non-hydrogen) atoms. The maximum absolute atomic E-state index is 12.5. The van der Waals surface area contributed by atoms with E-state index in [0.29, 0.717) is 6.04 Å². The first-order valence-corrected chi connectivity index (χ1v) is 8.69. The highest BCUT2D eigenvalue weighted by molar-refractivity contribution is 5.95. The van der Waals surface area contributed by atoms with Crippen molar-refractivity contribution in [2.75, 3.05) is 31.1 Å². The topological polar surface area (TPSA) is 44.4 Å². The Morgan fingerprint density at radius 2 is 1.82 bits per heavy atom. The van der Waals surface area contributed by atoms with Gasteiger partial charge in [-0.25, -0.2) is 0 Å². The number of hydrogen-bond donors (Lipinski definition) is 2. The van der Waals surface area contributed by atoms with E-state index in [1.54, 1.807) is 0 Å². The summed E-state index contributed by atoms with van der Waals surface area (Å²) in [6, 6.07) is 8.43. The number of carbonyl (C=O) groups is 1. The number of nitrogens with one attached hydrogen (secondary N) is 2. The van der Waals surface area contributed by atoms with Crippen molar-refractivity contribution < 1.29 is 4.79 Å². The lowest BCUT2D eigenvalue weighted by Gasteiger charge is -2.29. The highest BCUT2D eigenvalue weighted by atomic mass is 16.1. The van der Waals surface area contributed by atoms with Gasteiger partial charge in [0.15, 0.2) is 0 Å². The normalized spacial score (nSPS) is 20.5. The number of nitrogens with zero attached hydrogens (tertiary/aromatic N) is 1. The van der Waals surface area contributed by atoms with Crippen LogP contribution in [0.3, 0.4) is 0 Å². The molecule has 0 spiro atoms. The molecule has 0 unspecified atom stereocenters. The molecule has 2 N–H and O–H groups in total. The van der Waals surface area contributed by atoms with Crippen LogP contribution in [0.25, 0.3) is 0 Å². The fraction of sp³-hybridized carbons (Fsp3) is 0.611. The summed E-state index contributed by atoms with van der Waals surface area (Å²) in [7, 11) is 0. The summed E-state index contributed by atoms with van der Waals surface area (Å²) >= 11 is 0. The summed E-state index contributed by atoms with van der Waals surface area (Å²) in [6.45, 7) is 4.04. The van der Waals surface area contributed by atoms with Crippen LogP contribution in [0.15, 0.2) is 24.3 Å². The van der Waals surface area contributed by atoms with Crippen LogP contribution in [0.2, 0.25) is 0 Å². The fourth-order valence-electron chi connectivity index (χ4n) is 3.46. The van der Waals surface area contributed by atoms with Crippen molar-refractivity contribution in [1.82, 2.24) is 10.6 Å². The largest absolute Gasteiger partial charge is 0.369 e. The van der Waals surface area contributed by atoms with Crippen molar-refractivity contribution in [3.8, 4) is 0 Å². The minimum Gasteiger partial charge on any atom is -0.369 e. The van der Waals surface area contributed by atoms with Crippen LogP contribution in [-0.4, -0.2) is 38.1 Å². The Kier molecular flexibility index (Phi) is 5.33. The number of piperazine rings is 1. The molecule has 0 bridgehead atoms.